The molecule has 0 aliphatic heterocycles. The van der Waals surface area contributed by atoms with Crippen molar-refractivity contribution in [3.8, 4) is 5.75 Å². The fourth-order valence-corrected chi connectivity index (χ4v) is 2.01. The molecule has 0 radical (unpaired) electrons. The van der Waals surface area contributed by atoms with E-state index < -0.39 is 0 Å². The molecule has 18 heavy (non-hydrogen) atoms. The molecule has 0 aromatic heterocycles. The number of aromatic hydroxyl groups is 1. The van der Waals surface area contributed by atoms with Crippen LogP contribution in [0.15, 0.2) is 24.3 Å². The van der Waals surface area contributed by atoms with E-state index in [1.54, 1.807) is 19.2 Å². The molecule has 0 bridgehead atoms. The van der Waals surface area contributed by atoms with E-state index in [1.165, 1.54) is 0 Å². The van der Waals surface area contributed by atoms with Crippen LogP contribution >= 0.6 is 0 Å². The minimum atomic E-state index is 0.138. The van der Waals surface area contributed by atoms with Crippen LogP contribution in [0.5, 0.6) is 5.75 Å². The highest BCUT2D eigenvalue weighted by atomic mass is 16.5. The number of phenolic OH excluding ortho intramolecular Hbond substituents is 1. The van der Waals surface area contributed by atoms with Crippen molar-refractivity contribution in [1.29, 1.82) is 0 Å². The van der Waals surface area contributed by atoms with Gasteiger partial charge in [-0.15, -0.1) is 0 Å². The summed E-state index contributed by atoms with van der Waals surface area (Å²) in [6.45, 7) is 2.83. The third kappa shape index (κ3) is 4.64. The van der Waals surface area contributed by atoms with E-state index in [0.717, 1.165) is 12.0 Å². The maximum atomic E-state index is 9.29. The number of hydrogen-bond acceptors (Lipinski definition) is 4. The Kier molecular flexibility index (Phi) is 6.72. The molecule has 0 aliphatic carbocycles. The van der Waals surface area contributed by atoms with Crippen LogP contribution in [0.1, 0.15) is 31.4 Å². The Balaban J connectivity index is 2.67. The molecule has 1 rings (SSSR count). The van der Waals surface area contributed by atoms with E-state index in [4.69, 9.17) is 9.84 Å². The Hall–Kier alpha value is -1.10. The van der Waals surface area contributed by atoms with Gasteiger partial charge in [-0.25, -0.2) is 0 Å². The lowest BCUT2D eigenvalue weighted by molar-refractivity contribution is 0.142. The van der Waals surface area contributed by atoms with Crippen molar-refractivity contribution < 1.29 is 14.9 Å². The molecule has 4 nitrogen and oxygen atoms in total. The number of benzene rings is 1. The van der Waals surface area contributed by atoms with Gasteiger partial charge in [0.1, 0.15) is 5.75 Å². The number of methoxy groups -OCH3 is 1. The Bertz CT molecular complexity index is 320. The molecule has 0 heterocycles. The summed E-state index contributed by atoms with van der Waals surface area (Å²) in [5.74, 6) is 0.275. The lowest BCUT2D eigenvalue weighted by Crippen LogP contribution is -2.36. The van der Waals surface area contributed by atoms with Gasteiger partial charge < -0.3 is 20.3 Å². The highest BCUT2D eigenvalue weighted by Gasteiger charge is 2.15. The predicted molar refractivity (Wildman–Crippen MR) is 71.6 cm³/mol. The molecular formula is C14H23NO3. The highest BCUT2D eigenvalue weighted by molar-refractivity contribution is 5.28. The Morgan fingerprint density at radius 2 is 1.94 bits per heavy atom. The number of ether oxygens (including phenoxy) is 1. The quantitative estimate of drug-likeness (QED) is 0.661. The van der Waals surface area contributed by atoms with Crippen molar-refractivity contribution in [2.45, 2.75) is 31.8 Å². The van der Waals surface area contributed by atoms with E-state index in [1.807, 2.05) is 12.1 Å². The first-order valence-corrected chi connectivity index (χ1v) is 6.36. The molecule has 1 aromatic carbocycles. The van der Waals surface area contributed by atoms with E-state index >= 15 is 0 Å². The van der Waals surface area contributed by atoms with E-state index in [2.05, 4.69) is 12.2 Å². The first-order valence-electron chi connectivity index (χ1n) is 6.36. The van der Waals surface area contributed by atoms with Crippen LogP contribution in [0.25, 0.3) is 0 Å². The predicted octanol–water partition coefficient (Wildman–Crippen LogP) is 1.83. The molecule has 2 unspecified atom stereocenters. The van der Waals surface area contributed by atoms with Gasteiger partial charge in [-0.2, -0.15) is 0 Å². The van der Waals surface area contributed by atoms with Gasteiger partial charge in [0.2, 0.25) is 0 Å². The van der Waals surface area contributed by atoms with Crippen LogP contribution in [0, 0.1) is 0 Å². The molecule has 0 saturated carbocycles. The monoisotopic (exact) mass is 253 g/mol. The number of nitrogens with one attached hydrogen (secondary N) is 1. The minimum Gasteiger partial charge on any atom is -0.508 e. The van der Waals surface area contributed by atoms with Crippen molar-refractivity contribution in [3.63, 3.8) is 0 Å². The second-order valence-electron chi connectivity index (χ2n) is 4.38. The number of hydrogen-bond donors (Lipinski definition) is 3. The van der Waals surface area contributed by atoms with Crippen molar-refractivity contribution in [2.75, 3.05) is 20.3 Å². The van der Waals surface area contributed by atoms with E-state index in [0.29, 0.717) is 13.0 Å². The zero-order chi connectivity index (χ0) is 13.4. The Morgan fingerprint density at radius 1 is 1.28 bits per heavy atom. The van der Waals surface area contributed by atoms with Gasteiger partial charge in [-0.3, -0.25) is 0 Å². The molecule has 1 aromatic rings. The summed E-state index contributed by atoms with van der Waals surface area (Å²) in [5.41, 5.74) is 1.13. The van der Waals surface area contributed by atoms with Crippen molar-refractivity contribution in [1.82, 2.24) is 5.32 Å². The number of aliphatic hydroxyl groups is 1. The Morgan fingerprint density at radius 3 is 2.44 bits per heavy atom. The summed E-state index contributed by atoms with van der Waals surface area (Å²) < 4.78 is 5.14. The smallest absolute Gasteiger partial charge is 0.115 e. The molecule has 3 N–H and O–H groups in total. The molecule has 2 atom stereocenters. The zero-order valence-electron chi connectivity index (χ0n) is 11.1. The third-order valence-corrected chi connectivity index (χ3v) is 2.99. The summed E-state index contributed by atoms with van der Waals surface area (Å²) in [6, 6.07) is 7.56. The van der Waals surface area contributed by atoms with Crippen LogP contribution in [-0.4, -0.2) is 36.6 Å². The van der Waals surface area contributed by atoms with Gasteiger partial charge in [0.15, 0.2) is 0 Å². The maximum absolute atomic E-state index is 9.29. The number of aliphatic hydroxyl groups excluding tert-OH is 1. The van der Waals surface area contributed by atoms with Crippen molar-refractivity contribution in [3.05, 3.63) is 29.8 Å². The first-order chi connectivity index (χ1) is 8.71. The van der Waals surface area contributed by atoms with E-state index in [-0.39, 0.29) is 24.4 Å². The molecule has 4 heteroatoms. The highest BCUT2D eigenvalue weighted by Crippen LogP contribution is 2.20. The topological polar surface area (TPSA) is 61.7 Å². The normalized spacial score (nSPS) is 14.4. The van der Waals surface area contributed by atoms with Gasteiger partial charge in [-0.1, -0.05) is 19.1 Å². The van der Waals surface area contributed by atoms with Gasteiger partial charge >= 0.3 is 0 Å². The van der Waals surface area contributed by atoms with Crippen LogP contribution in [0.3, 0.4) is 0 Å². The third-order valence-electron chi connectivity index (χ3n) is 2.99. The zero-order valence-corrected chi connectivity index (χ0v) is 11.1. The molecule has 0 amide bonds. The molecule has 102 valence electrons. The second kappa shape index (κ2) is 8.08. The van der Waals surface area contributed by atoms with Gasteiger partial charge in [0.25, 0.3) is 0 Å². The van der Waals surface area contributed by atoms with Gasteiger partial charge in [-0.05, 0) is 30.5 Å². The molecule has 0 saturated heterocycles. The average molecular weight is 253 g/mol. The van der Waals surface area contributed by atoms with Crippen LogP contribution in [0.2, 0.25) is 0 Å². The summed E-state index contributed by atoms with van der Waals surface area (Å²) in [7, 11) is 1.66. The lowest BCUT2D eigenvalue weighted by Gasteiger charge is -2.24. The number of rotatable bonds is 8. The molecule has 0 spiro atoms. The first kappa shape index (κ1) is 15.0. The van der Waals surface area contributed by atoms with Crippen LogP contribution in [-0.2, 0) is 4.74 Å². The van der Waals surface area contributed by atoms with Crippen LogP contribution in [0.4, 0.5) is 0 Å². The standard InChI is InChI=1S/C14H23NO3/c1-3-14(11-4-6-13(17)7-5-11)15-12(8-9-16)10-18-2/h4-7,12,14-17H,3,8-10H2,1-2H3. The van der Waals surface area contributed by atoms with Gasteiger partial charge in [0.05, 0.1) is 6.61 Å². The Labute approximate surface area is 109 Å². The second-order valence-corrected chi connectivity index (χ2v) is 4.38. The minimum absolute atomic E-state index is 0.138. The largest absolute Gasteiger partial charge is 0.508 e. The summed E-state index contributed by atoms with van der Waals surface area (Å²) >= 11 is 0. The van der Waals surface area contributed by atoms with Gasteiger partial charge in [0, 0.05) is 25.8 Å². The molecule has 0 aliphatic rings. The summed E-state index contributed by atoms with van der Waals surface area (Å²) in [4.78, 5) is 0. The number of phenols is 1. The fraction of sp³-hybridized carbons (Fsp3) is 0.571. The summed E-state index contributed by atoms with van der Waals surface area (Å²) in [5, 5.41) is 21.8. The van der Waals surface area contributed by atoms with Crippen molar-refractivity contribution in [2.24, 2.45) is 0 Å². The van der Waals surface area contributed by atoms with E-state index in [9.17, 15) is 5.11 Å². The van der Waals surface area contributed by atoms with Crippen LogP contribution < -0.4 is 5.32 Å². The van der Waals surface area contributed by atoms with Crippen molar-refractivity contribution >= 4 is 0 Å². The maximum Gasteiger partial charge on any atom is 0.115 e. The lowest BCUT2D eigenvalue weighted by atomic mass is 10.0. The fourth-order valence-electron chi connectivity index (χ4n) is 2.01. The average Bonchev–Trinajstić information content (AvgIpc) is 2.37. The summed E-state index contributed by atoms with van der Waals surface area (Å²) in [6.07, 6.45) is 1.61. The SMILES string of the molecule is CCC(NC(CCO)COC)c1ccc(O)cc1. The molecule has 0 fully saturated rings. The molecular weight excluding hydrogens is 230 g/mol.